The molecule has 5 heteroatoms. The number of hydrogen-bond acceptors (Lipinski definition) is 5. The molecule has 2 heterocycles. The molecule has 0 atom stereocenters. The third-order valence-electron chi connectivity index (χ3n) is 3.57. The van der Waals surface area contributed by atoms with Gasteiger partial charge in [-0.15, -0.1) is 11.3 Å². The van der Waals surface area contributed by atoms with Gasteiger partial charge in [0.15, 0.2) is 5.13 Å². The number of anilines is 2. The Morgan fingerprint density at radius 3 is 2.85 bits per heavy atom. The zero-order valence-electron chi connectivity index (χ0n) is 12.0. The van der Waals surface area contributed by atoms with Crippen LogP contribution in [0, 0.1) is 6.92 Å². The Morgan fingerprint density at radius 2 is 2.20 bits per heavy atom. The average Bonchev–Trinajstić information content (AvgIpc) is 2.76. The number of nitrogen functional groups attached to an aromatic ring is 1. The first kappa shape index (κ1) is 13.2. The summed E-state index contributed by atoms with van der Waals surface area (Å²) >= 11 is 1.53. The summed E-state index contributed by atoms with van der Waals surface area (Å²) in [4.78, 5) is 7.95. The van der Waals surface area contributed by atoms with Crippen molar-refractivity contribution in [3.05, 3.63) is 23.1 Å². The summed E-state index contributed by atoms with van der Waals surface area (Å²) in [5.74, 6) is 0.953. The molecule has 0 radical (unpaired) electrons. The Bertz CT molecular complexity index is 636. The Hall–Kier alpha value is -1.75. The van der Waals surface area contributed by atoms with E-state index in [1.807, 2.05) is 6.07 Å². The first-order valence-corrected chi connectivity index (χ1v) is 7.64. The number of aromatic nitrogens is 1. The highest BCUT2D eigenvalue weighted by molar-refractivity contribution is 7.15. The fourth-order valence-electron chi connectivity index (χ4n) is 2.61. The summed E-state index contributed by atoms with van der Waals surface area (Å²) in [5.41, 5.74) is 9.03. The second-order valence-corrected chi connectivity index (χ2v) is 6.51. The van der Waals surface area contributed by atoms with Crippen molar-refractivity contribution >= 4 is 22.2 Å². The SMILES string of the molecule is Cc1sc(N)nc1-c1ccc2c(c1)N(C(C)C)CCO2. The monoisotopic (exact) mass is 289 g/mol. The summed E-state index contributed by atoms with van der Waals surface area (Å²) in [7, 11) is 0. The largest absolute Gasteiger partial charge is 0.490 e. The summed E-state index contributed by atoms with van der Waals surface area (Å²) in [6.45, 7) is 8.13. The lowest BCUT2D eigenvalue weighted by atomic mass is 10.1. The molecule has 0 fully saturated rings. The van der Waals surface area contributed by atoms with Crippen molar-refractivity contribution < 1.29 is 4.74 Å². The minimum Gasteiger partial charge on any atom is -0.490 e. The lowest BCUT2D eigenvalue weighted by molar-refractivity contribution is 0.303. The van der Waals surface area contributed by atoms with Gasteiger partial charge >= 0.3 is 0 Å². The lowest BCUT2D eigenvalue weighted by Gasteiger charge is -2.34. The summed E-state index contributed by atoms with van der Waals surface area (Å²) in [6.07, 6.45) is 0. The molecule has 0 bridgehead atoms. The third-order valence-corrected chi connectivity index (χ3v) is 4.37. The molecule has 0 saturated carbocycles. The smallest absolute Gasteiger partial charge is 0.180 e. The zero-order chi connectivity index (χ0) is 14.3. The van der Waals surface area contributed by atoms with Crippen LogP contribution in [-0.4, -0.2) is 24.2 Å². The van der Waals surface area contributed by atoms with Crippen LogP contribution >= 0.6 is 11.3 Å². The van der Waals surface area contributed by atoms with Crippen molar-refractivity contribution in [3.63, 3.8) is 0 Å². The van der Waals surface area contributed by atoms with E-state index in [-0.39, 0.29) is 0 Å². The van der Waals surface area contributed by atoms with Crippen molar-refractivity contribution in [1.82, 2.24) is 4.98 Å². The first-order valence-electron chi connectivity index (χ1n) is 6.83. The minimum atomic E-state index is 0.453. The van der Waals surface area contributed by atoms with Crippen LogP contribution in [0.5, 0.6) is 5.75 Å². The Kier molecular flexibility index (Phi) is 3.30. The highest BCUT2D eigenvalue weighted by Gasteiger charge is 2.21. The number of ether oxygens (including phenoxy) is 1. The quantitative estimate of drug-likeness (QED) is 0.921. The van der Waals surface area contributed by atoms with Crippen LogP contribution in [0.2, 0.25) is 0 Å². The standard InChI is InChI=1S/C15H19N3OS/c1-9(2)18-6-7-19-13-5-4-11(8-12(13)18)14-10(3)20-15(16)17-14/h4-5,8-9H,6-7H2,1-3H3,(H2,16,17). The van der Waals surface area contributed by atoms with Gasteiger partial charge in [-0.05, 0) is 39.0 Å². The Balaban J connectivity index is 2.07. The van der Waals surface area contributed by atoms with Crippen molar-refractivity contribution in [2.24, 2.45) is 0 Å². The van der Waals surface area contributed by atoms with Gasteiger partial charge in [-0.2, -0.15) is 0 Å². The van der Waals surface area contributed by atoms with Crippen LogP contribution in [0.3, 0.4) is 0 Å². The van der Waals surface area contributed by atoms with Crippen LogP contribution in [0.4, 0.5) is 10.8 Å². The van der Waals surface area contributed by atoms with E-state index in [1.54, 1.807) is 0 Å². The fourth-order valence-corrected chi connectivity index (χ4v) is 3.32. The van der Waals surface area contributed by atoms with E-state index in [1.165, 1.54) is 11.3 Å². The number of hydrogen-bond donors (Lipinski definition) is 1. The Morgan fingerprint density at radius 1 is 1.40 bits per heavy atom. The van der Waals surface area contributed by atoms with E-state index in [9.17, 15) is 0 Å². The van der Waals surface area contributed by atoms with Crippen molar-refractivity contribution in [1.29, 1.82) is 0 Å². The van der Waals surface area contributed by atoms with Gasteiger partial charge in [0.1, 0.15) is 12.4 Å². The van der Waals surface area contributed by atoms with Gasteiger partial charge in [-0.25, -0.2) is 4.98 Å². The second kappa shape index (κ2) is 4.98. The molecule has 0 aliphatic carbocycles. The highest BCUT2D eigenvalue weighted by Crippen LogP contribution is 2.38. The molecule has 2 aromatic rings. The van der Waals surface area contributed by atoms with E-state index in [0.717, 1.165) is 40.7 Å². The number of nitrogens with two attached hydrogens (primary N) is 1. The predicted molar refractivity (Wildman–Crippen MR) is 84.7 cm³/mol. The number of thiazole rings is 1. The molecular formula is C15H19N3OS. The number of fused-ring (bicyclic) bond motifs is 1. The van der Waals surface area contributed by atoms with Gasteiger partial charge in [0.2, 0.25) is 0 Å². The molecule has 1 aliphatic rings. The molecule has 1 aromatic carbocycles. The van der Waals surface area contributed by atoms with Crippen molar-refractivity contribution in [2.75, 3.05) is 23.8 Å². The lowest BCUT2D eigenvalue weighted by Crippen LogP contribution is -2.37. The molecule has 4 nitrogen and oxygen atoms in total. The molecule has 106 valence electrons. The highest BCUT2D eigenvalue weighted by atomic mass is 32.1. The molecule has 0 spiro atoms. The van der Waals surface area contributed by atoms with E-state index in [2.05, 4.69) is 42.8 Å². The van der Waals surface area contributed by atoms with Crippen LogP contribution in [0.1, 0.15) is 18.7 Å². The Labute approximate surface area is 123 Å². The van der Waals surface area contributed by atoms with Gasteiger partial charge in [-0.1, -0.05) is 0 Å². The maximum atomic E-state index is 5.80. The molecule has 1 aromatic heterocycles. The minimum absolute atomic E-state index is 0.453. The van der Waals surface area contributed by atoms with Crippen LogP contribution in [0.25, 0.3) is 11.3 Å². The first-order chi connectivity index (χ1) is 9.56. The van der Waals surface area contributed by atoms with Gasteiger partial charge in [-0.3, -0.25) is 0 Å². The normalized spacial score (nSPS) is 14.3. The van der Waals surface area contributed by atoms with E-state index in [0.29, 0.717) is 11.2 Å². The van der Waals surface area contributed by atoms with Crippen LogP contribution in [-0.2, 0) is 0 Å². The van der Waals surface area contributed by atoms with Crippen molar-refractivity contribution in [3.8, 4) is 17.0 Å². The average molecular weight is 289 g/mol. The van der Waals surface area contributed by atoms with E-state index in [4.69, 9.17) is 10.5 Å². The zero-order valence-corrected chi connectivity index (χ0v) is 12.8. The van der Waals surface area contributed by atoms with E-state index < -0.39 is 0 Å². The summed E-state index contributed by atoms with van der Waals surface area (Å²) < 4.78 is 5.75. The molecule has 1 aliphatic heterocycles. The second-order valence-electron chi connectivity index (χ2n) is 5.28. The molecule has 0 unspecified atom stereocenters. The topological polar surface area (TPSA) is 51.4 Å². The van der Waals surface area contributed by atoms with Gasteiger partial charge in [0.25, 0.3) is 0 Å². The van der Waals surface area contributed by atoms with Gasteiger partial charge < -0.3 is 15.4 Å². The van der Waals surface area contributed by atoms with Gasteiger partial charge in [0.05, 0.1) is 17.9 Å². The molecule has 20 heavy (non-hydrogen) atoms. The number of nitrogens with zero attached hydrogens (tertiary/aromatic N) is 2. The van der Waals surface area contributed by atoms with Crippen LogP contribution < -0.4 is 15.4 Å². The number of aryl methyl sites for hydroxylation is 1. The van der Waals surface area contributed by atoms with Crippen molar-refractivity contribution in [2.45, 2.75) is 26.8 Å². The fraction of sp³-hybridized carbons (Fsp3) is 0.400. The molecule has 2 N–H and O–H groups in total. The molecule has 0 amide bonds. The number of rotatable bonds is 2. The maximum absolute atomic E-state index is 5.80. The van der Waals surface area contributed by atoms with Crippen LogP contribution in [0.15, 0.2) is 18.2 Å². The maximum Gasteiger partial charge on any atom is 0.180 e. The molecule has 0 saturated heterocycles. The number of benzene rings is 1. The summed E-state index contributed by atoms with van der Waals surface area (Å²) in [5, 5.41) is 0.618. The molecule has 3 rings (SSSR count). The third kappa shape index (κ3) is 2.22. The summed E-state index contributed by atoms with van der Waals surface area (Å²) in [6, 6.07) is 6.71. The predicted octanol–water partition coefficient (Wildman–Crippen LogP) is 3.31. The van der Waals surface area contributed by atoms with E-state index >= 15 is 0 Å². The molecular weight excluding hydrogens is 270 g/mol. The van der Waals surface area contributed by atoms with Gasteiger partial charge in [0, 0.05) is 16.5 Å².